The van der Waals surface area contributed by atoms with Crippen LogP contribution in [0.3, 0.4) is 0 Å². The summed E-state index contributed by atoms with van der Waals surface area (Å²) in [5, 5.41) is 22.8. The van der Waals surface area contributed by atoms with Crippen molar-refractivity contribution in [3.63, 3.8) is 0 Å². The Labute approximate surface area is 99.6 Å². The predicted octanol–water partition coefficient (Wildman–Crippen LogP) is 1.61. The van der Waals surface area contributed by atoms with Crippen molar-refractivity contribution in [3.8, 4) is 0 Å². The molecule has 1 aromatic rings. The fourth-order valence-corrected chi connectivity index (χ4v) is 1.45. The fourth-order valence-electron chi connectivity index (χ4n) is 1.45. The molecule has 6 nitrogen and oxygen atoms in total. The molecule has 1 rings (SSSR count). The van der Waals surface area contributed by atoms with Crippen LogP contribution in [0.15, 0.2) is 18.2 Å². The molecule has 0 aromatic heterocycles. The molecule has 17 heavy (non-hydrogen) atoms. The van der Waals surface area contributed by atoms with Crippen molar-refractivity contribution in [2.24, 2.45) is 5.92 Å². The number of aliphatic hydroxyl groups is 1. The summed E-state index contributed by atoms with van der Waals surface area (Å²) in [4.78, 5) is 10.1. The smallest absolute Gasteiger partial charge is 0.292 e. The molecule has 0 radical (unpaired) electrons. The minimum atomic E-state index is -0.523. The lowest BCUT2D eigenvalue weighted by Gasteiger charge is -2.21. The Hall–Kier alpha value is -1.82. The summed E-state index contributed by atoms with van der Waals surface area (Å²) in [5.74, 6) is 0.247. The molecule has 0 saturated carbocycles. The second-order valence-electron chi connectivity index (χ2n) is 4.21. The lowest BCUT2D eigenvalue weighted by molar-refractivity contribution is -0.383. The van der Waals surface area contributed by atoms with Crippen LogP contribution in [0.1, 0.15) is 13.8 Å². The molecule has 1 atom stereocenters. The molecule has 94 valence electrons. The Morgan fingerprint density at radius 3 is 2.59 bits per heavy atom. The summed E-state index contributed by atoms with van der Waals surface area (Å²) >= 11 is 0. The van der Waals surface area contributed by atoms with E-state index in [0.29, 0.717) is 5.69 Å². The van der Waals surface area contributed by atoms with Crippen LogP contribution in [0.2, 0.25) is 0 Å². The molecular weight excluding hydrogens is 222 g/mol. The van der Waals surface area contributed by atoms with Gasteiger partial charge in [-0.1, -0.05) is 13.8 Å². The monoisotopic (exact) mass is 239 g/mol. The van der Waals surface area contributed by atoms with Crippen LogP contribution in [0.25, 0.3) is 0 Å². The van der Waals surface area contributed by atoms with Crippen molar-refractivity contribution in [2.45, 2.75) is 19.9 Å². The molecule has 0 spiro atoms. The first-order valence-corrected chi connectivity index (χ1v) is 5.37. The van der Waals surface area contributed by atoms with Crippen LogP contribution >= 0.6 is 0 Å². The van der Waals surface area contributed by atoms with Crippen LogP contribution in [-0.2, 0) is 0 Å². The first-order chi connectivity index (χ1) is 7.95. The topological polar surface area (TPSA) is 101 Å². The van der Waals surface area contributed by atoms with E-state index in [9.17, 15) is 10.1 Å². The van der Waals surface area contributed by atoms with E-state index < -0.39 is 4.92 Å². The molecule has 0 fully saturated rings. The number of rotatable bonds is 5. The van der Waals surface area contributed by atoms with E-state index in [-0.39, 0.29) is 29.9 Å². The molecule has 0 heterocycles. The first kappa shape index (κ1) is 13.2. The Bertz CT molecular complexity index is 407. The Kier molecular flexibility index (Phi) is 4.28. The standard InChI is InChI=1S/C11H17N3O3/c1-7(2)10(6-15)13-8-3-4-11(14(16)17)9(12)5-8/h3-5,7,10,13,15H,6,12H2,1-2H3. The number of nitro benzene ring substituents is 1. The van der Waals surface area contributed by atoms with Crippen LogP contribution in [0, 0.1) is 16.0 Å². The molecule has 0 aliphatic carbocycles. The van der Waals surface area contributed by atoms with Crippen LogP contribution in [0.4, 0.5) is 17.1 Å². The van der Waals surface area contributed by atoms with Crippen molar-refractivity contribution in [3.05, 3.63) is 28.3 Å². The largest absolute Gasteiger partial charge is 0.394 e. The lowest BCUT2D eigenvalue weighted by atomic mass is 10.1. The van der Waals surface area contributed by atoms with Gasteiger partial charge in [0.05, 0.1) is 17.6 Å². The van der Waals surface area contributed by atoms with Gasteiger partial charge in [0, 0.05) is 11.8 Å². The highest BCUT2D eigenvalue weighted by Crippen LogP contribution is 2.25. The second-order valence-corrected chi connectivity index (χ2v) is 4.21. The van der Waals surface area contributed by atoms with Crippen LogP contribution < -0.4 is 11.1 Å². The molecular formula is C11H17N3O3. The molecule has 4 N–H and O–H groups in total. The number of nitrogen functional groups attached to an aromatic ring is 1. The normalized spacial score (nSPS) is 12.5. The summed E-state index contributed by atoms with van der Waals surface area (Å²) in [6.07, 6.45) is 0. The third-order valence-corrected chi connectivity index (χ3v) is 2.58. The number of nitrogens with zero attached hydrogens (tertiary/aromatic N) is 1. The van der Waals surface area contributed by atoms with Gasteiger partial charge in [0.15, 0.2) is 0 Å². The zero-order valence-corrected chi connectivity index (χ0v) is 9.88. The minimum Gasteiger partial charge on any atom is -0.394 e. The molecule has 0 bridgehead atoms. The van der Waals surface area contributed by atoms with E-state index in [2.05, 4.69) is 5.32 Å². The number of anilines is 2. The minimum absolute atomic E-state index is 0.00540. The number of nitrogens with two attached hydrogens (primary N) is 1. The van der Waals surface area contributed by atoms with E-state index in [4.69, 9.17) is 10.8 Å². The second kappa shape index (κ2) is 5.49. The SMILES string of the molecule is CC(C)C(CO)Nc1ccc([N+](=O)[O-])c(N)c1. The van der Waals surface area contributed by atoms with E-state index in [1.54, 1.807) is 6.07 Å². The Balaban J connectivity index is 2.87. The van der Waals surface area contributed by atoms with E-state index in [1.807, 2.05) is 13.8 Å². The predicted molar refractivity (Wildman–Crippen MR) is 66.8 cm³/mol. The highest BCUT2D eigenvalue weighted by molar-refractivity contribution is 5.66. The maximum atomic E-state index is 10.6. The molecule has 0 saturated heterocycles. The van der Waals surface area contributed by atoms with Gasteiger partial charge in [-0.15, -0.1) is 0 Å². The molecule has 0 aliphatic rings. The average molecular weight is 239 g/mol. The Morgan fingerprint density at radius 1 is 1.53 bits per heavy atom. The highest BCUT2D eigenvalue weighted by atomic mass is 16.6. The fraction of sp³-hybridized carbons (Fsp3) is 0.455. The van der Waals surface area contributed by atoms with Gasteiger partial charge in [0.2, 0.25) is 0 Å². The van der Waals surface area contributed by atoms with E-state index in [0.717, 1.165) is 0 Å². The molecule has 0 amide bonds. The third-order valence-electron chi connectivity index (χ3n) is 2.58. The van der Waals surface area contributed by atoms with Crippen molar-refractivity contribution < 1.29 is 10.0 Å². The van der Waals surface area contributed by atoms with Gasteiger partial charge >= 0.3 is 0 Å². The van der Waals surface area contributed by atoms with E-state index >= 15 is 0 Å². The highest BCUT2D eigenvalue weighted by Gasteiger charge is 2.15. The number of nitro groups is 1. The van der Waals surface area contributed by atoms with Gasteiger partial charge in [-0.3, -0.25) is 10.1 Å². The van der Waals surface area contributed by atoms with Gasteiger partial charge in [-0.05, 0) is 18.1 Å². The number of hydrogen-bond acceptors (Lipinski definition) is 5. The number of benzene rings is 1. The molecule has 1 unspecified atom stereocenters. The Morgan fingerprint density at radius 2 is 2.18 bits per heavy atom. The average Bonchev–Trinajstić information content (AvgIpc) is 2.24. The summed E-state index contributed by atoms with van der Waals surface area (Å²) in [7, 11) is 0. The number of hydrogen-bond donors (Lipinski definition) is 3. The maximum Gasteiger partial charge on any atom is 0.292 e. The van der Waals surface area contributed by atoms with Crippen molar-refractivity contribution in [1.82, 2.24) is 0 Å². The van der Waals surface area contributed by atoms with Gasteiger partial charge in [0.1, 0.15) is 5.69 Å². The number of nitrogens with one attached hydrogen (secondary N) is 1. The molecule has 1 aromatic carbocycles. The van der Waals surface area contributed by atoms with Gasteiger partial charge in [-0.25, -0.2) is 0 Å². The van der Waals surface area contributed by atoms with Crippen molar-refractivity contribution in [2.75, 3.05) is 17.7 Å². The lowest BCUT2D eigenvalue weighted by Crippen LogP contribution is -2.29. The van der Waals surface area contributed by atoms with Gasteiger partial charge in [-0.2, -0.15) is 0 Å². The van der Waals surface area contributed by atoms with Crippen LogP contribution in [-0.4, -0.2) is 22.7 Å². The summed E-state index contributed by atoms with van der Waals surface area (Å²) < 4.78 is 0. The summed E-state index contributed by atoms with van der Waals surface area (Å²) in [6.45, 7) is 3.94. The molecule has 6 heteroatoms. The number of aliphatic hydroxyl groups excluding tert-OH is 1. The maximum absolute atomic E-state index is 10.6. The van der Waals surface area contributed by atoms with Crippen molar-refractivity contribution >= 4 is 17.1 Å². The van der Waals surface area contributed by atoms with Crippen molar-refractivity contribution in [1.29, 1.82) is 0 Å². The third kappa shape index (κ3) is 3.32. The van der Waals surface area contributed by atoms with Crippen LogP contribution in [0.5, 0.6) is 0 Å². The summed E-state index contributed by atoms with van der Waals surface area (Å²) in [6, 6.07) is 4.34. The summed E-state index contributed by atoms with van der Waals surface area (Å²) in [5.41, 5.74) is 6.24. The zero-order valence-electron chi connectivity index (χ0n) is 9.88. The molecule has 0 aliphatic heterocycles. The van der Waals surface area contributed by atoms with Gasteiger partial charge < -0.3 is 16.2 Å². The quantitative estimate of drug-likeness (QED) is 0.411. The van der Waals surface area contributed by atoms with E-state index in [1.165, 1.54) is 12.1 Å². The first-order valence-electron chi connectivity index (χ1n) is 5.37. The zero-order chi connectivity index (χ0) is 13.0. The van der Waals surface area contributed by atoms with Gasteiger partial charge in [0.25, 0.3) is 5.69 Å².